The van der Waals surface area contributed by atoms with E-state index in [1.165, 1.54) is 12.2 Å². The Morgan fingerprint density at radius 2 is 0.900 bits per heavy atom. The van der Waals surface area contributed by atoms with Crippen molar-refractivity contribution in [3.8, 4) is 12.1 Å². The lowest BCUT2D eigenvalue weighted by molar-refractivity contribution is 0.103. The SMILES string of the molecule is N#C/C(=C\c1ccc(/C=C(\C#N)C(=O)c2ccccc2)cc1)C(=O)c1ccccc1. The normalized spacial score (nSPS) is 11.3. The van der Waals surface area contributed by atoms with Gasteiger partial charge in [-0.1, -0.05) is 84.9 Å². The van der Waals surface area contributed by atoms with Crippen LogP contribution < -0.4 is 0 Å². The zero-order valence-electron chi connectivity index (χ0n) is 15.9. The maximum Gasteiger partial charge on any atom is 0.203 e. The summed E-state index contributed by atoms with van der Waals surface area (Å²) in [6.45, 7) is 0. The molecule has 0 fully saturated rings. The van der Waals surface area contributed by atoms with E-state index in [1.807, 2.05) is 12.1 Å². The van der Waals surface area contributed by atoms with Gasteiger partial charge in [0.05, 0.1) is 0 Å². The fourth-order valence-electron chi connectivity index (χ4n) is 2.81. The average molecular weight is 388 g/mol. The van der Waals surface area contributed by atoms with Crippen LogP contribution in [0.4, 0.5) is 0 Å². The number of benzene rings is 3. The Bertz CT molecular complexity index is 1110. The lowest BCUT2D eigenvalue weighted by atomic mass is 10.00. The van der Waals surface area contributed by atoms with Crippen molar-refractivity contribution in [2.24, 2.45) is 0 Å². The van der Waals surface area contributed by atoms with Crippen LogP contribution in [0.15, 0.2) is 96.1 Å². The van der Waals surface area contributed by atoms with Gasteiger partial charge in [0.15, 0.2) is 0 Å². The first kappa shape index (κ1) is 20.2. The van der Waals surface area contributed by atoms with Crippen LogP contribution in [-0.4, -0.2) is 11.6 Å². The van der Waals surface area contributed by atoms with Crippen molar-refractivity contribution in [2.75, 3.05) is 0 Å². The molecule has 0 aliphatic rings. The second kappa shape index (κ2) is 9.59. The Morgan fingerprint density at radius 3 is 1.20 bits per heavy atom. The minimum absolute atomic E-state index is 0.0291. The second-order valence-corrected chi connectivity index (χ2v) is 6.40. The summed E-state index contributed by atoms with van der Waals surface area (Å²) in [6, 6.07) is 28.0. The largest absolute Gasteiger partial charge is 0.288 e. The molecule has 0 aliphatic heterocycles. The molecule has 0 saturated heterocycles. The third kappa shape index (κ3) is 4.84. The zero-order chi connectivity index (χ0) is 21.3. The number of Topliss-reactive ketones (excluding diaryl/α,β-unsaturated/α-hetero) is 2. The van der Waals surface area contributed by atoms with E-state index in [1.54, 1.807) is 84.9 Å². The molecule has 142 valence electrons. The lowest BCUT2D eigenvalue weighted by Crippen LogP contribution is -2.01. The number of hydrogen-bond acceptors (Lipinski definition) is 4. The number of hydrogen-bond donors (Lipinski definition) is 0. The number of carbonyl (C=O) groups is 2. The maximum absolute atomic E-state index is 12.5. The average Bonchev–Trinajstić information content (AvgIpc) is 2.82. The van der Waals surface area contributed by atoms with E-state index in [2.05, 4.69) is 0 Å². The minimum Gasteiger partial charge on any atom is -0.288 e. The first-order valence-corrected chi connectivity index (χ1v) is 9.15. The van der Waals surface area contributed by atoms with E-state index in [4.69, 9.17) is 0 Å². The van der Waals surface area contributed by atoms with Gasteiger partial charge in [0.1, 0.15) is 23.3 Å². The number of ketones is 2. The van der Waals surface area contributed by atoms with Gasteiger partial charge in [-0.05, 0) is 23.3 Å². The molecule has 0 aromatic heterocycles. The second-order valence-electron chi connectivity index (χ2n) is 6.40. The summed E-state index contributed by atoms with van der Waals surface area (Å²) in [5, 5.41) is 18.7. The number of nitrogens with zero attached hydrogens (tertiary/aromatic N) is 2. The Labute approximate surface area is 174 Å². The number of rotatable bonds is 6. The van der Waals surface area contributed by atoms with Crippen LogP contribution in [0, 0.1) is 22.7 Å². The molecule has 3 aromatic rings. The van der Waals surface area contributed by atoms with Gasteiger partial charge in [-0.3, -0.25) is 9.59 Å². The van der Waals surface area contributed by atoms with Crippen LogP contribution in [-0.2, 0) is 0 Å². The predicted octanol–water partition coefficient (Wildman–Crippen LogP) is 5.27. The standard InChI is InChI=1S/C26H16N2O2/c27-17-23(25(29)21-7-3-1-4-8-21)15-19-11-13-20(14-12-19)16-24(18-28)26(30)22-9-5-2-6-10-22/h1-16H/b23-15+,24-16+. The van der Waals surface area contributed by atoms with Crippen LogP contribution in [0.25, 0.3) is 12.2 Å². The molecular formula is C26H16N2O2. The van der Waals surface area contributed by atoms with E-state index >= 15 is 0 Å². The smallest absolute Gasteiger partial charge is 0.203 e. The maximum atomic E-state index is 12.5. The van der Waals surface area contributed by atoms with E-state index < -0.39 is 0 Å². The highest BCUT2D eigenvalue weighted by atomic mass is 16.1. The van der Waals surface area contributed by atoms with Crippen molar-refractivity contribution < 1.29 is 9.59 Å². The third-order valence-electron chi connectivity index (χ3n) is 4.36. The zero-order valence-corrected chi connectivity index (χ0v) is 15.9. The lowest BCUT2D eigenvalue weighted by Gasteiger charge is -2.02. The van der Waals surface area contributed by atoms with E-state index in [9.17, 15) is 20.1 Å². The highest BCUT2D eigenvalue weighted by molar-refractivity contribution is 6.14. The molecule has 4 heteroatoms. The number of carbonyl (C=O) groups excluding carboxylic acids is 2. The van der Waals surface area contributed by atoms with E-state index in [-0.39, 0.29) is 22.7 Å². The molecule has 0 heterocycles. The van der Waals surface area contributed by atoms with Gasteiger partial charge in [-0.15, -0.1) is 0 Å². The van der Waals surface area contributed by atoms with Gasteiger partial charge in [0, 0.05) is 11.1 Å². The van der Waals surface area contributed by atoms with Gasteiger partial charge in [-0.2, -0.15) is 10.5 Å². The molecule has 0 N–H and O–H groups in total. The molecule has 3 aromatic carbocycles. The van der Waals surface area contributed by atoms with Gasteiger partial charge >= 0.3 is 0 Å². The van der Waals surface area contributed by atoms with Crippen molar-refractivity contribution >= 4 is 23.7 Å². The van der Waals surface area contributed by atoms with Crippen LogP contribution in [0.5, 0.6) is 0 Å². The van der Waals surface area contributed by atoms with Crippen LogP contribution in [0.1, 0.15) is 31.8 Å². The summed E-state index contributed by atoms with van der Waals surface area (Å²) in [7, 11) is 0. The molecule has 0 aliphatic carbocycles. The third-order valence-corrected chi connectivity index (χ3v) is 4.36. The molecule has 0 bridgehead atoms. The van der Waals surface area contributed by atoms with Gasteiger partial charge in [-0.25, -0.2) is 0 Å². The van der Waals surface area contributed by atoms with Crippen molar-refractivity contribution in [2.45, 2.75) is 0 Å². The van der Waals surface area contributed by atoms with Gasteiger partial charge in [0.25, 0.3) is 0 Å². The molecule has 0 atom stereocenters. The summed E-state index contributed by atoms with van der Waals surface area (Å²) in [6.07, 6.45) is 3.03. The fourth-order valence-corrected chi connectivity index (χ4v) is 2.81. The van der Waals surface area contributed by atoms with Crippen molar-refractivity contribution in [3.05, 3.63) is 118 Å². The molecule has 0 spiro atoms. The molecule has 0 radical (unpaired) electrons. The summed E-state index contributed by atoms with van der Waals surface area (Å²) < 4.78 is 0. The molecule has 0 amide bonds. The molecule has 3 rings (SSSR count). The van der Waals surface area contributed by atoms with Gasteiger partial charge < -0.3 is 0 Å². The fraction of sp³-hybridized carbons (Fsp3) is 0. The topological polar surface area (TPSA) is 81.7 Å². The van der Waals surface area contributed by atoms with Crippen LogP contribution in [0.3, 0.4) is 0 Å². The van der Waals surface area contributed by atoms with Crippen LogP contribution in [0.2, 0.25) is 0 Å². The highest BCUT2D eigenvalue weighted by Gasteiger charge is 2.13. The monoisotopic (exact) mass is 388 g/mol. The molecule has 0 unspecified atom stereocenters. The minimum atomic E-state index is -0.345. The first-order valence-electron chi connectivity index (χ1n) is 9.15. The summed E-state index contributed by atoms with van der Waals surface area (Å²) in [5.74, 6) is -0.690. The van der Waals surface area contributed by atoms with Crippen molar-refractivity contribution in [1.29, 1.82) is 10.5 Å². The Balaban J connectivity index is 1.83. The van der Waals surface area contributed by atoms with E-state index in [0.717, 1.165) is 0 Å². The molecule has 0 saturated carbocycles. The highest BCUT2D eigenvalue weighted by Crippen LogP contribution is 2.16. The Morgan fingerprint density at radius 1 is 0.567 bits per heavy atom. The summed E-state index contributed by atoms with van der Waals surface area (Å²) in [4.78, 5) is 24.9. The van der Waals surface area contributed by atoms with Gasteiger partial charge in [0.2, 0.25) is 11.6 Å². The summed E-state index contributed by atoms with van der Waals surface area (Å²) in [5.41, 5.74) is 2.29. The summed E-state index contributed by atoms with van der Waals surface area (Å²) >= 11 is 0. The Kier molecular flexibility index (Phi) is 6.46. The van der Waals surface area contributed by atoms with Crippen molar-refractivity contribution in [1.82, 2.24) is 0 Å². The number of nitriles is 2. The number of allylic oxidation sites excluding steroid dienone is 2. The molecule has 30 heavy (non-hydrogen) atoms. The first-order chi connectivity index (χ1) is 14.6. The molecular weight excluding hydrogens is 372 g/mol. The van der Waals surface area contributed by atoms with Crippen LogP contribution >= 0.6 is 0 Å². The predicted molar refractivity (Wildman–Crippen MR) is 115 cm³/mol. The van der Waals surface area contributed by atoms with E-state index in [0.29, 0.717) is 22.3 Å². The van der Waals surface area contributed by atoms with Crippen molar-refractivity contribution in [3.63, 3.8) is 0 Å². The molecule has 4 nitrogen and oxygen atoms in total. The quantitative estimate of drug-likeness (QED) is 0.327. The Hall–Kier alpha value is -4.54.